The van der Waals surface area contributed by atoms with Crippen LogP contribution in [0.15, 0.2) is 24.4 Å². The summed E-state index contributed by atoms with van der Waals surface area (Å²) in [7, 11) is 0. The molecule has 0 aliphatic carbocycles. The Morgan fingerprint density at radius 3 is 2.86 bits per heavy atom. The molecule has 0 saturated carbocycles. The molecule has 1 heterocycles. The van der Waals surface area contributed by atoms with Crippen LogP contribution < -0.4 is 0 Å². The number of aliphatic hydroxyl groups is 1. The Kier molecular flexibility index (Phi) is 2.41. The van der Waals surface area contributed by atoms with Crippen molar-refractivity contribution >= 4 is 10.9 Å². The second-order valence-corrected chi connectivity index (χ2v) is 3.33. The number of phenolic OH excluding ortho intramolecular Hbond substituents is 1. The molecule has 0 bridgehead atoms. The number of nitrogens with one attached hydrogen (secondary N) is 1. The van der Waals surface area contributed by atoms with Crippen molar-refractivity contribution in [3.63, 3.8) is 0 Å². The molecule has 1 aromatic carbocycles. The van der Waals surface area contributed by atoms with E-state index in [-0.39, 0.29) is 6.61 Å². The average Bonchev–Trinajstić information content (AvgIpc) is 2.64. The molecule has 0 amide bonds. The van der Waals surface area contributed by atoms with Gasteiger partial charge >= 0.3 is 0 Å². The first-order chi connectivity index (χ1) is 6.83. The first kappa shape index (κ1) is 9.09. The molecule has 2 aromatic rings. The Morgan fingerprint density at radius 2 is 2.07 bits per heavy atom. The van der Waals surface area contributed by atoms with Gasteiger partial charge in [-0.2, -0.15) is 0 Å². The van der Waals surface area contributed by atoms with Crippen molar-refractivity contribution in [2.45, 2.75) is 12.8 Å². The predicted octanol–water partition coefficient (Wildman–Crippen LogP) is 1.80. The van der Waals surface area contributed by atoms with Gasteiger partial charge in [0.1, 0.15) is 5.75 Å². The lowest BCUT2D eigenvalue weighted by molar-refractivity contribution is 0.288. The Bertz CT molecular complexity index is 434. The first-order valence-electron chi connectivity index (χ1n) is 4.71. The van der Waals surface area contributed by atoms with Crippen molar-refractivity contribution < 1.29 is 10.2 Å². The van der Waals surface area contributed by atoms with Gasteiger partial charge in [-0.25, -0.2) is 0 Å². The number of aliphatic hydroxyl groups excluding tert-OH is 1. The highest BCUT2D eigenvalue weighted by Gasteiger charge is 2.06. The number of rotatable bonds is 3. The van der Waals surface area contributed by atoms with Gasteiger partial charge in [0.15, 0.2) is 0 Å². The van der Waals surface area contributed by atoms with Gasteiger partial charge in [0.05, 0.1) is 0 Å². The maximum atomic E-state index is 9.66. The van der Waals surface area contributed by atoms with Gasteiger partial charge in [-0.05, 0) is 31.0 Å². The average molecular weight is 191 g/mol. The van der Waals surface area contributed by atoms with Crippen molar-refractivity contribution in [3.8, 4) is 5.75 Å². The van der Waals surface area contributed by atoms with Crippen molar-refractivity contribution in [1.29, 1.82) is 0 Å². The highest BCUT2D eigenvalue weighted by Crippen LogP contribution is 2.27. The van der Waals surface area contributed by atoms with Crippen LogP contribution in [0.2, 0.25) is 0 Å². The van der Waals surface area contributed by atoms with Gasteiger partial charge in [-0.3, -0.25) is 0 Å². The second-order valence-electron chi connectivity index (χ2n) is 3.33. The molecular formula is C11H13NO2. The van der Waals surface area contributed by atoms with Crippen molar-refractivity contribution in [3.05, 3.63) is 30.0 Å². The molecule has 0 radical (unpaired) electrons. The van der Waals surface area contributed by atoms with Crippen LogP contribution in [0.5, 0.6) is 5.75 Å². The summed E-state index contributed by atoms with van der Waals surface area (Å²) in [4.78, 5) is 3.09. The maximum absolute atomic E-state index is 9.66. The summed E-state index contributed by atoms with van der Waals surface area (Å²) in [6.07, 6.45) is 3.24. The quantitative estimate of drug-likeness (QED) is 0.692. The van der Waals surface area contributed by atoms with E-state index < -0.39 is 0 Å². The van der Waals surface area contributed by atoms with E-state index in [1.807, 2.05) is 18.3 Å². The van der Waals surface area contributed by atoms with Gasteiger partial charge in [0.2, 0.25) is 0 Å². The summed E-state index contributed by atoms with van der Waals surface area (Å²) in [6, 6.07) is 5.49. The number of hydrogen-bond donors (Lipinski definition) is 3. The molecule has 3 nitrogen and oxygen atoms in total. The van der Waals surface area contributed by atoms with Crippen LogP contribution in [0.1, 0.15) is 12.0 Å². The van der Waals surface area contributed by atoms with Gasteiger partial charge in [0, 0.05) is 29.3 Å². The fraction of sp³-hybridized carbons (Fsp3) is 0.273. The summed E-state index contributed by atoms with van der Waals surface area (Å²) in [5.74, 6) is 0.311. The molecule has 3 N–H and O–H groups in total. The lowest BCUT2D eigenvalue weighted by atomic mass is 10.0. The van der Waals surface area contributed by atoms with Crippen LogP contribution in [0, 0.1) is 0 Å². The summed E-state index contributed by atoms with van der Waals surface area (Å²) in [6.45, 7) is 0.153. The number of phenols is 1. The van der Waals surface area contributed by atoms with E-state index >= 15 is 0 Å². The minimum absolute atomic E-state index is 0.153. The lowest BCUT2D eigenvalue weighted by Crippen LogP contribution is -1.90. The van der Waals surface area contributed by atoms with Crippen LogP contribution in [-0.2, 0) is 6.42 Å². The zero-order valence-corrected chi connectivity index (χ0v) is 7.83. The summed E-state index contributed by atoms with van der Waals surface area (Å²) < 4.78 is 0. The Hall–Kier alpha value is -1.48. The third-order valence-corrected chi connectivity index (χ3v) is 2.41. The molecular weight excluding hydrogens is 178 g/mol. The van der Waals surface area contributed by atoms with Gasteiger partial charge in [-0.15, -0.1) is 0 Å². The normalized spacial score (nSPS) is 10.9. The number of H-pyrrole nitrogens is 1. The summed E-state index contributed by atoms with van der Waals surface area (Å²) in [5.41, 5.74) is 1.94. The van der Waals surface area contributed by atoms with Crippen molar-refractivity contribution in [1.82, 2.24) is 4.98 Å². The van der Waals surface area contributed by atoms with Crippen LogP contribution >= 0.6 is 0 Å². The molecule has 0 unspecified atom stereocenters. The van der Waals surface area contributed by atoms with Crippen LogP contribution in [-0.4, -0.2) is 21.8 Å². The largest absolute Gasteiger partial charge is 0.508 e. The monoisotopic (exact) mass is 191 g/mol. The van der Waals surface area contributed by atoms with Crippen molar-refractivity contribution in [2.24, 2.45) is 0 Å². The van der Waals surface area contributed by atoms with E-state index in [1.165, 1.54) is 0 Å². The molecule has 0 atom stereocenters. The van der Waals surface area contributed by atoms with E-state index in [2.05, 4.69) is 4.98 Å². The van der Waals surface area contributed by atoms with E-state index in [1.54, 1.807) is 6.07 Å². The number of fused-ring (bicyclic) bond motifs is 1. The predicted molar refractivity (Wildman–Crippen MR) is 55.4 cm³/mol. The summed E-state index contributed by atoms with van der Waals surface area (Å²) in [5, 5.41) is 19.4. The highest BCUT2D eigenvalue weighted by atomic mass is 16.3. The molecule has 14 heavy (non-hydrogen) atoms. The molecule has 0 saturated heterocycles. The topological polar surface area (TPSA) is 56.2 Å². The van der Waals surface area contributed by atoms with E-state index in [0.29, 0.717) is 18.6 Å². The fourth-order valence-electron chi connectivity index (χ4n) is 1.70. The lowest BCUT2D eigenvalue weighted by Gasteiger charge is -2.04. The molecule has 0 fully saturated rings. The number of hydrogen-bond acceptors (Lipinski definition) is 2. The molecule has 74 valence electrons. The highest BCUT2D eigenvalue weighted by molar-refractivity contribution is 5.85. The van der Waals surface area contributed by atoms with Crippen LogP contribution in [0.4, 0.5) is 0 Å². The maximum Gasteiger partial charge on any atom is 0.119 e. The number of aromatic nitrogens is 1. The first-order valence-corrected chi connectivity index (χ1v) is 4.71. The Balaban J connectivity index is 2.47. The molecule has 2 rings (SSSR count). The van der Waals surface area contributed by atoms with E-state index in [0.717, 1.165) is 16.5 Å². The molecule has 0 aliphatic rings. The van der Waals surface area contributed by atoms with E-state index in [4.69, 9.17) is 5.11 Å². The van der Waals surface area contributed by atoms with Gasteiger partial charge in [0.25, 0.3) is 0 Å². The van der Waals surface area contributed by atoms with Gasteiger partial charge in [-0.1, -0.05) is 0 Å². The van der Waals surface area contributed by atoms with E-state index in [9.17, 15) is 5.11 Å². The van der Waals surface area contributed by atoms with Crippen LogP contribution in [0.25, 0.3) is 10.9 Å². The Labute approximate surface area is 82.0 Å². The molecule has 1 aromatic heterocycles. The smallest absolute Gasteiger partial charge is 0.119 e. The number of aromatic amines is 1. The third-order valence-electron chi connectivity index (χ3n) is 2.41. The van der Waals surface area contributed by atoms with Crippen molar-refractivity contribution in [2.75, 3.05) is 6.61 Å². The molecule has 3 heteroatoms. The number of aryl methyl sites for hydroxylation is 1. The third kappa shape index (κ3) is 1.46. The fourth-order valence-corrected chi connectivity index (χ4v) is 1.70. The van der Waals surface area contributed by atoms with Gasteiger partial charge < -0.3 is 15.2 Å². The van der Waals surface area contributed by atoms with Crippen LogP contribution in [0.3, 0.4) is 0 Å². The summed E-state index contributed by atoms with van der Waals surface area (Å²) >= 11 is 0. The zero-order valence-electron chi connectivity index (χ0n) is 7.83. The molecule has 0 aliphatic heterocycles. The number of benzene rings is 1. The SMILES string of the molecule is OCCCc1c(O)ccc2[nH]ccc12. The minimum atomic E-state index is 0.153. The Morgan fingerprint density at radius 1 is 1.21 bits per heavy atom. The second kappa shape index (κ2) is 3.72. The number of aromatic hydroxyl groups is 1. The molecule has 0 spiro atoms. The minimum Gasteiger partial charge on any atom is -0.508 e. The standard InChI is InChI=1S/C11H13NO2/c13-7-1-2-9-8-5-6-12-10(8)3-4-11(9)14/h3-6,12-14H,1-2,7H2. The zero-order chi connectivity index (χ0) is 9.97.